The van der Waals surface area contributed by atoms with Crippen LogP contribution in [0.4, 0.5) is 4.79 Å². The highest BCUT2D eigenvalue weighted by Gasteiger charge is 2.06. The number of ether oxygens (including phenoxy) is 1. The lowest BCUT2D eigenvalue weighted by atomic mass is 10.2. The molecule has 0 bridgehead atoms. The summed E-state index contributed by atoms with van der Waals surface area (Å²) in [5.41, 5.74) is 0.871. The lowest BCUT2D eigenvalue weighted by molar-refractivity contribution is -0.120. The Morgan fingerprint density at radius 1 is 1.09 bits per heavy atom. The summed E-state index contributed by atoms with van der Waals surface area (Å²) in [5, 5.41) is 4.91. The van der Waals surface area contributed by atoms with Crippen molar-refractivity contribution in [2.24, 2.45) is 0 Å². The number of alkyl carbamates (subject to hydrolysis) is 1. The third-order valence-corrected chi connectivity index (χ3v) is 3.57. The fraction of sp³-hybridized carbons (Fsp3) is 0.429. The molecule has 0 fully saturated rings. The summed E-state index contributed by atoms with van der Waals surface area (Å²) in [5.74, 6) is -0.433. The second kappa shape index (κ2) is 9.04. The van der Waals surface area contributed by atoms with Crippen LogP contribution in [0.15, 0.2) is 30.3 Å². The molecule has 0 saturated carbocycles. The minimum Gasteiger partial charge on any atom is -0.445 e. The lowest BCUT2D eigenvalue weighted by Gasteiger charge is -2.07. The molecular weight excluding hydrogens is 308 g/mol. The van der Waals surface area contributed by atoms with Gasteiger partial charge in [-0.1, -0.05) is 30.3 Å². The normalized spacial score (nSPS) is 10.8. The van der Waals surface area contributed by atoms with Crippen molar-refractivity contribution in [1.29, 1.82) is 0 Å². The number of benzene rings is 1. The molecule has 7 nitrogen and oxygen atoms in total. The number of rotatable bonds is 8. The predicted octanol–water partition coefficient (Wildman–Crippen LogP) is 0.464. The molecular formula is C14H20N2O5S. The van der Waals surface area contributed by atoms with E-state index in [1.807, 2.05) is 30.3 Å². The Kier molecular flexibility index (Phi) is 7.38. The van der Waals surface area contributed by atoms with Crippen molar-refractivity contribution < 1.29 is 22.7 Å². The van der Waals surface area contributed by atoms with Crippen LogP contribution in [0.3, 0.4) is 0 Å². The Balaban J connectivity index is 2.10. The molecule has 0 aliphatic rings. The highest BCUT2D eigenvalue weighted by Crippen LogP contribution is 2.00. The Bertz CT molecular complexity index is 587. The molecule has 0 unspecified atom stereocenters. The van der Waals surface area contributed by atoms with Crippen LogP contribution in [0.25, 0.3) is 0 Å². The molecule has 0 aliphatic carbocycles. The lowest BCUT2D eigenvalue weighted by Crippen LogP contribution is -2.33. The van der Waals surface area contributed by atoms with Crippen molar-refractivity contribution in [2.45, 2.75) is 13.0 Å². The van der Waals surface area contributed by atoms with Crippen LogP contribution in [0.1, 0.15) is 12.0 Å². The SMILES string of the molecule is CS(=O)(=O)CCNC(=O)CCNC(=O)OCc1ccccc1. The average molecular weight is 328 g/mol. The van der Waals surface area contributed by atoms with Crippen molar-refractivity contribution in [3.8, 4) is 0 Å². The van der Waals surface area contributed by atoms with Crippen LogP contribution in [0.5, 0.6) is 0 Å². The summed E-state index contributed by atoms with van der Waals surface area (Å²) in [7, 11) is -3.09. The number of hydrogen-bond donors (Lipinski definition) is 2. The molecule has 22 heavy (non-hydrogen) atoms. The molecule has 1 aromatic rings. The van der Waals surface area contributed by atoms with E-state index >= 15 is 0 Å². The molecule has 1 aromatic carbocycles. The first-order valence-electron chi connectivity index (χ1n) is 6.76. The topological polar surface area (TPSA) is 102 Å². The van der Waals surface area contributed by atoms with E-state index < -0.39 is 15.9 Å². The molecule has 1 rings (SSSR count). The van der Waals surface area contributed by atoms with Gasteiger partial charge in [0.05, 0.1) is 5.75 Å². The monoisotopic (exact) mass is 328 g/mol. The molecule has 0 spiro atoms. The maximum Gasteiger partial charge on any atom is 0.407 e. The first kappa shape index (κ1) is 18.0. The molecule has 2 amide bonds. The van der Waals surface area contributed by atoms with Gasteiger partial charge in [-0.25, -0.2) is 13.2 Å². The Labute approximate surface area is 130 Å². The van der Waals surface area contributed by atoms with E-state index in [4.69, 9.17) is 4.74 Å². The van der Waals surface area contributed by atoms with Gasteiger partial charge in [0, 0.05) is 25.8 Å². The van der Waals surface area contributed by atoms with Crippen molar-refractivity contribution in [1.82, 2.24) is 10.6 Å². The maximum absolute atomic E-state index is 11.4. The maximum atomic E-state index is 11.4. The zero-order valence-corrected chi connectivity index (χ0v) is 13.2. The van der Waals surface area contributed by atoms with E-state index in [1.54, 1.807) is 0 Å². The van der Waals surface area contributed by atoms with Crippen molar-refractivity contribution in [2.75, 3.05) is 25.1 Å². The van der Waals surface area contributed by atoms with Gasteiger partial charge in [-0.05, 0) is 5.56 Å². The van der Waals surface area contributed by atoms with E-state index in [-0.39, 0.29) is 37.8 Å². The van der Waals surface area contributed by atoms with Crippen LogP contribution >= 0.6 is 0 Å². The summed E-state index contributed by atoms with van der Waals surface area (Å²) >= 11 is 0. The fourth-order valence-corrected chi connectivity index (χ4v) is 1.99. The van der Waals surface area contributed by atoms with E-state index in [0.717, 1.165) is 11.8 Å². The standard InChI is InChI=1S/C14H20N2O5S/c1-22(19,20)10-9-15-13(17)7-8-16-14(18)21-11-12-5-3-2-4-6-12/h2-6H,7-11H2,1H3,(H,15,17)(H,16,18). The van der Waals surface area contributed by atoms with Gasteiger partial charge in [-0.15, -0.1) is 0 Å². The van der Waals surface area contributed by atoms with Gasteiger partial charge in [0.25, 0.3) is 0 Å². The van der Waals surface area contributed by atoms with Crippen LogP contribution in [0, 0.1) is 0 Å². The molecule has 0 aliphatic heterocycles. The third-order valence-electron chi connectivity index (χ3n) is 2.63. The number of sulfone groups is 1. The Morgan fingerprint density at radius 3 is 2.41 bits per heavy atom. The summed E-state index contributed by atoms with van der Waals surface area (Å²) in [6, 6.07) is 9.23. The summed E-state index contributed by atoms with van der Waals surface area (Å²) in [6.07, 6.45) is 0.556. The molecule has 0 radical (unpaired) electrons. The van der Waals surface area contributed by atoms with E-state index in [0.29, 0.717) is 0 Å². The number of carbonyl (C=O) groups is 2. The van der Waals surface area contributed by atoms with Crippen LogP contribution in [0.2, 0.25) is 0 Å². The molecule has 0 atom stereocenters. The van der Waals surface area contributed by atoms with E-state index in [2.05, 4.69) is 10.6 Å². The van der Waals surface area contributed by atoms with Gasteiger partial charge in [0.1, 0.15) is 16.4 Å². The molecule has 122 valence electrons. The molecule has 0 aromatic heterocycles. The molecule has 8 heteroatoms. The van der Waals surface area contributed by atoms with Crippen molar-refractivity contribution in [3.05, 3.63) is 35.9 Å². The largest absolute Gasteiger partial charge is 0.445 e. The zero-order valence-electron chi connectivity index (χ0n) is 12.4. The minimum absolute atomic E-state index is 0.0597. The quantitative estimate of drug-likeness (QED) is 0.722. The number of hydrogen-bond acceptors (Lipinski definition) is 5. The summed E-state index contributed by atoms with van der Waals surface area (Å²) < 4.78 is 26.7. The highest BCUT2D eigenvalue weighted by molar-refractivity contribution is 7.90. The summed E-state index contributed by atoms with van der Waals surface area (Å²) in [4.78, 5) is 22.8. The second-order valence-electron chi connectivity index (χ2n) is 4.72. The molecule has 0 saturated heterocycles. The van der Waals surface area contributed by atoms with E-state index in [9.17, 15) is 18.0 Å². The Hall–Kier alpha value is -2.09. The number of nitrogens with one attached hydrogen (secondary N) is 2. The zero-order chi connectivity index (χ0) is 16.4. The van der Waals surface area contributed by atoms with Gasteiger partial charge < -0.3 is 15.4 Å². The first-order chi connectivity index (χ1) is 10.4. The van der Waals surface area contributed by atoms with Crippen molar-refractivity contribution in [3.63, 3.8) is 0 Å². The van der Waals surface area contributed by atoms with Crippen LogP contribution in [-0.2, 0) is 26.0 Å². The Morgan fingerprint density at radius 2 is 1.77 bits per heavy atom. The van der Waals surface area contributed by atoms with Gasteiger partial charge in [-0.3, -0.25) is 4.79 Å². The van der Waals surface area contributed by atoms with E-state index in [1.165, 1.54) is 0 Å². The summed E-state index contributed by atoms with van der Waals surface area (Å²) in [6.45, 7) is 0.349. The van der Waals surface area contributed by atoms with Gasteiger partial charge in [0.2, 0.25) is 5.91 Å². The second-order valence-corrected chi connectivity index (χ2v) is 6.98. The number of carbonyl (C=O) groups excluding carboxylic acids is 2. The molecule has 0 heterocycles. The third kappa shape index (κ3) is 8.96. The number of amides is 2. The predicted molar refractivity (Wildman–Crippen MR) is 82.0 cm³/mol. The van der Waals surface area contributed by atoms with Gasteiger partial charge in [-0.2, -0.15) is 0 Å². The smallest absolute Gasteiger partial charge is 0.407 e. The first-order valence-corrected chi connectivity index (χ1v) is 8.82. The van der Waals surface area contributed by atoms with Crippen LogP contribution in [-0.4, -0.2) is 45.5 Å². The van der Waals surface area contributed by atoms with Gasteiger partial charge >= 0.3 is 6.09 Å². The fourth-order valence-electron chi connectivity index (χ4n) is 1.52. The highest BCUT2D eigenvalue weighted by atomic mass is 32.2. The van der Waals surface area contributed by atoms with Gasteiger partial charge in [0.15, 0.2) is 0 Å². The molecule has 2 N–H and O–H groups in total. The minimum atomic E-state index is -3.09. The average Bonchev–Trinajstić information content (AvgIpc) is 2.45. The van der Waals surface area contributed by atoms with Crippen LogP contribution < -0.4 is 10.6 Å². The van der Waals surface area contributed by atoms with Crippen molar-refractivity contribution >= 4 is 21.8 Å².